The number of hydrogen-bond donors (Lipinski definition) is 9. The second-order valence-corrected chi connectivity index (χ2v) is 33.0. The summed E-state index contributed by atoms with van der Waals surface area (Å²) in [7, 11) is 15.3. The van der Waals surface area contributed by atoms with Crippen molar-refractivity contribution in [2.75, 3.05) is 83.3 Å². The van der Waals surface area contributed by atoms with Gasteiger partial charge < -0.3 is 66.8 Å². The Bertz CT molecular complexity index is 7590. The number of methoxy groups -OCH3 is 4. The van der Waals surface area contributed by atoms with E-state index in [9.17, 15) is 19.2 Å². The number of anilines is 13. The highest BCUT2D eigenvalue weighted by Gasteiger charge is 2.59. The fraction of sp³-hybridized carbons (Fsp3) is 0.216. The first-order valence-electron chi connectivity index (χ1n) is 43.2. The van der Waals surface area contributed by atoms with Gasteiger partial charge in [-0.3, -0.25) is 37.0 Å². The van der Waals surface area contributed by atoms with Crippen LogP contribution in [0.2, 0.25) is 0 Å². The maximum Gasteiger partial charge on any atom is 0.340 e. The number of imidazole rings is 4. The lowest BCUT2D eigenvalue weighted by Crippen LogP contribution is -2.56. The molecule has 21 rings (SSSR count). The van der Waals surface area contributed by atoms with Gasteiger partial charge in [-0.2, -0.15) is 0 Å². The van der Waals surface area contributed by atoms with E-state index in [-0.39, 0.29) is 28.2 Å². The van der Waals surface area contributed by atoms with Gasteiger partial charge >= 0.3 is 22.8 Å². The Balaban J connectivity index is 0.000000124. The van der Waals surface area contributed by atoms with Crippen LogP contribution in [0.15, 0.2) is 290 Å². The Kier molecular flexibility index (Phi) is 24.5. The molecule has 0 amide bonds. The average molecular weight is 1800 g/mol. The second-order valence-electron chi connectivity index (χ2n) is 33.0. The Hall–Kier alpha value is -17.3. The zero-order chi connectivity index (χ0) is 94.1. The normalized spacial score (nSPS) is 14.5. The zero-order valence-corrected chi connectivity index (χ0v) is 75.7. The van der Waals surface area contributed by atoms with Crippen molar-refractivity contribution in [3.8, 4) is 46.3 Å². The van der Waals surface area contributed by atoms with E-state index in [4.69, 9.17) is 23.9 Å². The zero-order valence-electron chi connectivity index (χ0n) is 75.7. The van der Waals surface area contributed by atoms with E-state index in [0.717, 1.165) is 103 Å². The molecule has 12 heterocycles. The number of hydrogen-bond acceptors (Lipinski definition) is 25. The smallest absolute Gasteiger partial charge is 0.340 e. The molecule has 5 aliphatic carbocycles. The monoisotopic (exact) mass is 1800 g/mol. The summed E-state index contributed by atoms with van der Waals surface area (Å²) in [6.45, 7) is 30.5. The SMILES string of the molecule is C=CC(=C)Nc1cccc(-n2cc(Nc3cn(C)nc3OC)c3ncc(C45CC(C4)C5)n3c2=O)c1.C=CC(=C)Nc1cccc(-n2cc(Nc3cn(C)nc3OC)c3ncc(C4CC4)n3c2=O)c1.C=CC(=C)Nc1cccc(-n2cc(Nc3cn(C)nc3OC)c3ncc(C4CCC4)n3c2=O)c1.C=CC(=C)Nc1cccc(-n2cc(Nc3cn(C)nc3OC)c3ncc(NC)n3c2=O)c1. The molecule has 684 valence electrons. The number of allylic oxidation sites excluding steroid dienone is 4. The molecule has 5 saturated carbocycles. The molecule has 0 atom stereocenters. The van der Waals surface area contributed by atoms with E-state index in [1.165, 1.54) is 4.40 Å². The lowest BCUT2D eigenvalue weighted by molar-refractivity contribution is -0.0317. The summed E-state index contributed by atoms with van der Waals surface area (Å²) in [5, 5.41) is 46.4. The summed E-state index contributed by atoms with van der Waals surface area (Å²) in [6.07, 6.45) is 36.7. The van der Waals surface area contributed by atoms with Gasteiger partial charge in [0, 0.05) is 135 Å². The third kappa shape index (κ3) is 17.6. The van der Waals surface area contributed by atoms with Gasteiger partial charge in [0.1, 0.15) is 28.6 Å². The van der Waals surface area contributed by atoms with Crippen LogP contribution >= 0.6 is 0 Å². The van der Waals surface area contributed by atoms with Crippen molar-refractivity contribution in [1.82, 2.24) is 94.9 Å². The van der Waals surface area contributed by atoms with Crippen LogP contribution in [0.1, 0.15) is 80.3 Å². The van der Waals surface area contributed by atoms with Gasteiger partial charge in [-0.05, 0) is 148 Å². The van der Waals surface area contributed by atoms with E-state index in [2.05, 4.69) is 136 Å². The number of fused-ring (bicyclic) bond motifs is 4. The highest BCUT2D eigenvalue weighted by atomic mass is 16.5. The predicted molar refractivity (Wildman–Crippen MR) is 524 cm³/mol. The molecule has 134 heavy (non-hydrogen) atoms. The molecule has 2 bridgehead atoms. The number of aromatic nitrogens is 20. The highest BCUT2D eigenvalue weighted by molar-refractivity contribution is 5.80. The number of rotatable bonds is 32. The number of ether oxygens (including phenoxy) is 4. The van der Waals surface area contributed by atoms with Crippen LogP contribution in [0.4, 0.5) is 74.1 Å². The summed E-state index contributed by atoms with van der Waals surface area (Å²) in [5.74, 6) is 3.84. The van der Waals surface area contributed by atoms with E-state index in [1.807, 2.05) is 149 Å². The summed E-state index contributed by atoms with van der Waals surface area (Å²) >= 11 is 0. The van der Waals surface area contributed by atoms with Crippen molar-refractivity contribution in [2.45, 2.75) is 68.6 Å². The standard InChI is InChI=1S/C26H27N7O2.C25H27N7O2.C24H25N7O2.C22H24N8O2/c1-5-16(2)28-18-7-6-8-19(9-18)32-15-20(29-21-14-31(3)30-24(21)35-4)23-27-13-22(33(23)25(32)34)26-10-17(11-26)12-26;1-5-16(2)27-18-10-7-11-19(12-18)31-15-20(28-21-14-30(3)29-24(21)34-4)23-26-13-22(17-8-6-9-17)32(23)25(31)33;1-5-15(2)26-17-7-6-8-18(11-17)30-14-19(27-20-13-29(3)28-23(20)33-4)22-25-12-21(16-9-10-16)31(22)24(30)32;1-6-14(2)25-15-8-7-9-16(10-15)29-13-17(26-18-12-28(4)27-21(18)32-5)20-24-11-19(23-3)30(20)22(29)31/h5-9,13-15,17,28-29H,1-2,10-12H2,3-4H3;5,7,10-15,17,27-28H,1-2,6,8-9H2,3-4H3;5-8,11-14,16,26-27H,1-2,9-10H2,3-4H3;6-13,23,25-26H,1-2H2,3-5H3. The lowest BCUT2D eigenvalue weighted by Gasteiger charge is -2.61. The summed E-state index contributed by atoms with van der Waals surface area (Å²) in [4.78, 5) is 73.0. The van der Waals surface area contributed by atoms with E-state index >= 15 is 0 Å². The maximum atomic E-state index is 13.9. The molecule has 16 aromatic rings. The molecular formula is C97H103N29O8. The Morgan fingerprint density at radius 2 is 0.672 bits per heavy atom. The van der Waals surface area contributed by atoms with Crippen molar-refractivity contribution in [3.05, 3.63) is 330 Å². The van der Waals surface area contributed by atoms with Crippen molar-refractivity contribution in [2.24, 2.45) is 34.1 Å². The minimum atomic E-state index is -0.273. The molecule has 37 nitrogen and oxygen atoms in total. The minimum Gasteiger partial charge on any atom is -0.478 e. The second kappa shape index (κ2) is 37.1. The van der Waals surface area contributed by atoms with Crippen LogP contribution in [0, 0.1) is 5.92 Å². The molecule has 5 fully saturated rings. The van der Waals surface area contributed by atoms with Gasteiger partial charge in [0.25, 0.3) is 23.5 Å². The molecule has 5 aliphatic rings. The highest BCUT2D eigenvalue weighted by Crippen LogP contribution is 2.65. The average Bonchev–Trinajstić information content (AvgIpc) is 1.56. The van der Waals surface area contributed by atoms with Crippen molar-refractivity contribution < 1.29 is 18.9 Å². The van der Waals surface area contributed by atoms with Gasteiger partial charge in [-0.25, -0.2) is 56.7 Å². The molecule has 0 saturated heterocycles. The first-order valence-corrected chi connectivity index (χ1v) is 43.2. The van der Waals surface area contributed by atoms with Crippen LogP contribution < -0.4 is 89.6 Å². The molecular weight excluding hydrogens is 1700 g/mol. The molecule has 0 aliphatic heterocycles. The molecule has 4 aromatic carbocycles. The largest absolute Gasteiger partial charge is 0.478 e. The van der Waals surface area contributed by atoms with Crippen LogP contribution in [0.25, 0.3) is 45.3 Å². The maximum absolute atomic E-state index is 13.9. The molecule has 0 radical (unpaired) electrons. The van der Waals surface area contributed by atoms with E-state index in [1.54, 1.807) is 160 Å². The first-order chi connectivity index (χ1) is 64.8. The summed E-state index contributed by atoms with van der Waals surface area (Å²) < 4.78 is 41.4. The van der Waals surface area contributed by atoms with Gasteiger partial charge in [0.05, 0.1) is 128 Å². The number of benzene rings is 4. The minimum absolute atomic E-state index is 0.0663. The molecule has 37 heteroatoms. The molecule has 0 spiro atoms. The van der Waals surface area contributed by atoms with E-state index < -0.39 is 0 Å². The topological polar surface area (TPSA) is 374 Å². The van der Waals surface area contributed by atoms with Gasteiger partial charge in [-0.15, -0.1) is 20.4 Å². The summed E-state index contributed by atoms with van der Waals surface area (Å²) in [5.41, 5.74) is 18.4. The van der Waals surface area contributed by atoms with E-state index in [0.29, 0.717) is 149 Å². The Morgan fingerprint density at radius 1 is 0.381 bits per heavy atom. The molecule has 9 N–H and O–H groups in total. The fourth-order valence-corrected chi connectivity index (χ4v) is 16.8. The number of aryl methyl sites for hydroxylation is 4. The molecule has 12 aromatic heterocycles. The van der Waals surface area contributed by atoms with Crippen molar-refractivity contribution >= 4 is 96.7 Å². The molecule has 0 unspecified atom stereocenters. The lowest BCUT2D eigenvalue weighted by atomic mass is 9.43. The number of nitrogens with one attached hydrogen (secondary N) is 9. The van der Waals surface area contributed by atoms with Gasteiger partial charge in [-0.1, -0.05) is 83.3 Å². The Morgan fingerprint density at radius 3 is 0.955 bits per heavy atom. The van der Waals surface area contributed by atoms with Crippen LogP contribution in [-0.2, 0) is 33.6 Å². The first kappa shape index (κ1) is 88.7. The quantitative estimate of drug-likeness (QED) is 0.0177. The van der Waals surface area contributed by atoms with Crippen LogP contribution in [-0.4, -0.2) is 130 Å². The van der Waals surface area contributed by atoms with Crippen molar-refractivity contribution in [3.63, 3.8) is 0 Å². The summed E-state index contributed by atoms with van der Waals surface area (Å²) in [6, 6.07) is 30.3. The van der Waals surface area contributed by atoms with Crippen LogP contribution in [0.3, 0.4) is 0 Å². The van der Waals surface area contributed by atoms with Crippen molar-refractivity contribution in [1.29, 1.82) is 0 Å². The van der Waals surface area contributed by atoms with Gasteiger partial charge in [0.15, 0.2) is 22.6 Å². The third-order valence-corrected chi connectivity index (χ3v) is 23.8. The number of nitrogens with zero attached hydrogens (tertiary/aromatic N) is 20. The van der Waals surface area contributed by atoms with Gasteiger partial charge in [0.2, 0.25) is 0 Å². The third-order valence-electron chi connectivity index (χ3n) is 23.8. The van der Waals surface area contributed by atoms with Crippen LogP contribution in [0.5, 0.6) is 23.5 Å². The fourth-order valence-electron chi connectivity index (χ4n) is 16.8. The Labute approximate surface area is 769 Å². The predicted octanol–water partition coefficient (Wildman–Crippen LogP) is 15.6.